The second kappa shape index (κ2) is 9.89. The lowest BCUT2D eigenvalue weighted by Crippen LogP contribution is -2.38. The van der Waals surface area contributed by atoms with Gasteiger partial charge in [-0.3, -0.25) is 4.99 Å². The molecule has 0 spiro atoms. The van der Waals surface area contributed by atoms with Crippen molar-refractivity contribution in [3.05, 3.63) is 36.0 Å². The van der Waals surface area contributed by atoms with Crippen LogP contribution in [0.2, 0.25) is 0 Å². The number of nitrogens with one attached hydrogen (secondary N) is 2. The number of pyridine rings is 1. The third-order valence-electron chi connectivity index (χ3n) is 4.73. The number of guanidine groups is 1. The second-order valence-electron chi connectivity index (χ2n) is 6.68. The average Bonchev–Trinajstić information content (AvgIpc) is 3.37. The van der Waals surface area contributed by atoms with Gasteiger partial charge in [0.2, 0.25) is 5.88 Å². The molecule has 146 valence electrons. The quantitative estimate of drug-likeness (QED) is 0.544. The minimum atomic E-state index is 0.337. The molecule has 0 bridgehead atoms. The highest BCUT2D eigenvalue weighted by Crippen LogP contribution is 2.22. The van der Waals surface area contributed by atoms with Crippen LogP contribution in [0.4, 0.5) is 0 Å². The summed E-state index contributed by atoms with van der Waals surface area (Å²) >= 11 is 0. The Labute approximate surface area is 160 Å². The molecule has 2 aromatic rings. The fourth-order valence-electron chi connectivity index (χ4n) is 3.20. The molecule has 1 saturated carbocycles. The minimum Gasteiger partial charge on any atom is -0.474 e. The fraction of sp³-hybridized carbons (Fsp3) is 0.579. The predicted molar refractivity (Wildman–Crippen MR) is 105 cm³/mol. The van der Waals surface area contributed by atoms with Gasteiger partial charge >= 0.3 is 0 Å². The summed E-state index contributed by atoms with van der Waals surface area (Å²) in [4.78, 5) is 8.68. The van der Waals surface area contributed by atoms with Crippen LogP contribution in [0.1, 0.15) is 44.0 Å². The van der Waals surface area contributed by atoms with E-state index in [9.17, 15) is 0 Å². The molecule has 0 saturated heterocycles. The molecule has 27 heavy (non-hydrogen) atoms. The molecule has 1 aliphatic carbocycles. The van der Waals surface area contributed by atoms with E-state index in [-0.39, 0.29) is 0 Å². The standard InChI is InChI=1S/C19H29N7O/c1-3-17-25-24-14-26(17)11-10-21-19(20-2)23-13-15-8-9-18(22-12-15)27-16-6-4-5-7-16/h8-9,12,14,16H,3-7,10-11,13H2,1-2H3,(H2,20,21,23). The average molecular weight is 371 g/mol. The first kappa shape index (κ1) is 19.1. The summed E-state index contributed by atoms with van der Waals surface area (Å²) in [6.45, 7) is 4.28. The van der Waals surface area contributed by atoms with Crippen molar-refractivity contribution in [2.75, 3.05) is 13.6 Å². The van der Waals surface area contributed by atoms with E-state index in [0.717, 1.165) is 49.7 Å². The largest absolute Gasteiger partial charge is 0.474 e. The Kier molecular flexibility index (Phi) is 7.01. The minimum absolute atomic E-state index is 0.337. The summed E-state index contributed by atoms with van der Waals surface area (Å²) in [6, 6.07) is 3.99. The summed E-state index contributed by atoms with van der Waals surface area (Å²) in [5, 5.41) is 14.6. The Hall–Kier alpha value is -2.64. The molecule has 0 radical (unpaired) electrons. The van der Waals surface area contributed by atoms with Crippen molar-refractivity contribution in [1.82, 2.24) is 30.4 Å². The molecular formula is C19H29N7O. The Bertz CT molecular complexity index is 720. The Morgan fingerprint density at radius 3 is 2.85 bits per heavy atom. The molecule has 1 fully saturated rings. The van der Waals surface area contributed by atoms with Crippen molar-refractivity contribution in [2.24, 2.45) is 4.99 Å². The maximum absolute atomic E-state index is 5.90. The van der Waals surface area contributed by atoms with Crippen LogP contribution in [0.5, 0.6) is 5.88 Å². The van der Waals surface area contributed by atoms with E-state index < -0.39 is 0 Å². The second-order valence-corrected chi connectivity index (χ2v) is 6.68. The summed E-state index contributed by atoms with van der Waals surface area (Å²) in [5.41, 5.74) is 1.09. The third kappa shape index (κ3) is 5.67. The van der Waals surface area contributed by atoms with Gasteiger partial charge in [-0.1, -0.05) is 13.0 Å². The van der Waals surface area contributed by atoms with Crippen LogP contribution in [0.25, 0.3) is 0 Å². The van der Waals surface area contributed by atoms with Crippen LogP contribution < -0.4 is 15.4 Å². The van der Waals surface area contributed by atoms with Crippen molar-refractivity contribution in [3.8, 4) is 5.88 Å². The SMILES string of the molecule is CCc1nncn1CCNC(=NC)NCc1ccc(OC2CCCC2)nc1. The molecule has 0 amide bonds. The lowest BCUT2D eigenvalue weighted by atomic mass is 10.3. The molecule has 0 aliphatic heterocycles. The zero-order valence-corrected chi connectivity index (χ0v) is 16.2. The van der Waals surface area contributed by atoms with E-state index >= 15 is 0 Å². The topological polar surface area (TPSA) is 89.2 Å². The monoisotopic (exact) mass is 371 g/mol. The number of ether oxygens (including phenoxy) is 1. The van der Waals surface area contributed by atoms with E-state index in [1.54, 1.807) is 13.4 Å². The Morgan fingerprint density at radius 1 is 1.30 bits per heavy atom. The highest BCUT2D eigenvalue weighted by Gasteiger charge is 2.16. The maximum atomic E-state index is 5.90. The lowest BCUT2D eigenvalue weighted by Gasteiger charge is -2.14. The van der Waals surface area contributed by atoms with Gasteiger partial charge in [0.05, 0.1) is 0 Å². The smallest absolute Gasteiger partial charge is 0.213 e. The molecule has 0 atom stereocenters. The summed E-state index contributed by atoms with van der Waals surface area (Å²) in [7, 11) is 1.77. The summed E-state index contributed by atoms with van der Waals surface area (Å²) in [5.74, 6) is 2.46. The first-order chi connectivity index (χ1) is 13.3. The number of rotatable bonds is 8. The van der Waals surface area contributed by atoms with Crippen molar-refractivity contribution < 1.29 is 4.74 Å². The number of hydrogen-bond acceptors (Lipinski definition) is 5. The van der Waals surface area contributed by atoms with Crippen LogP contribution in [-0.4, -0.2) is 45.4 Å². The summed E-state index contributed by atoms with van der Waals surface area (Å²) in [6.07, 6.45) is 9.63. The molecule has 2 N–H and O–H groups in total. The summed E-state index contributed by atoms with van der Waals surface area (Å²) < 4.78 is 7.95. The Morgan fingerprint density at radius 2 is 2.15 bits per heavy atom. The van der Waals surface area contributed by atoms with Gasteiger partial charge < -0.3 is 19.9 Å². The number of aliphatic imine (C=N–C) groups is 1. The zero-order valence-electron chi connectivity index (χ0n) is 16.2. The first-order valence-corrected chi connectivity index (χ1v) is 9.71. The molecular weight excluding hydrogens is 342 g/mol. The molecule has 0 aromatic carbocycles. The van der Waals surface area contributed by atoms with Crippen LogP contribution in [0.15, 0.2) is 29.6 Å². The number of hydrogen-bond donors (Lipinski definition) is 2. The van der Waals surface area contributed by atoms with Gasteiger partial charge in [-0.05, 0) is 31.2 Å². The van der Waals surface area contributed by atoms with Gasteiger partial charge in [0.25, 0.3) is 0 Å². The maximum Gasteiger partial charge on any atom is 0.213 e. The van der Waals surface area contributed by atoms with Crippen LogP contribution in [-0.2, 0) is 19.5 Å². The molecule has 8 heteroatoms. The van der Waals surface area contributed by atoms with E-state index in [2.05, 4.69) is 37.7 Å². The van der Waals surface area contributed by atoms with Crippen LogP contribution >= 0.6 is 0 Å². The fourth-order valence-corrected chi connectivity index (χ4v) is 3.20. The van der Waals surface area contributed by atoms with Gasteiger partial charge in [0.1, 0.15) is 18.3 Å². The van der Waals surface area contributed by atoms with E-state index in [0.29, 0.717) is 18.5 Å². The first-order valence-electron chi connectivity index (χ1n) is 9.71. The highest BCUT2D eigenvalue weighted by molar-refractivity contribution is 5.79. The van der Waals surface area contributed by atoms with E-state index in [4.69, 9.17) is 4.74 Å². The molecule has 8 nitrogen and oxygen atoms in total. The number of nitrogens with zero attached hydrogens (tertiary/aromatic N) is 5. The normalized spacial score (nSPS) is 15.1. The van der Waals surface area contributed by atoms with Gasteiger partial charge in [-0.25, -0.2) is 4.98 Å². The van der Waals surface area contributed by atoms with Gasteiger partial charge in [0, 0.05) is 45.4 Å². The number of aryl methyl sites for hydroxylation is 1. The molecule has 1 aliphatic rings. The van der Waals surface area contributed by atoms with Crippen LogP contribution in [0.3, 0.4) is 0 Å². The van der Waals surface area contributed by atoms with Crippen molar-refractivity contribution in [1.29, 1.82) is 0 Å². The van der Waals surface area contributed by atoms with Crippen molar-refractivity contribution >= 4 is 5.96 Å². The molecule has 0 unspecified atom stereocenters. The van der Waals surface area contributed by atoms with Crippen molar-refractivity contribution in [3.63, 3.8) is 0 Å². The van der Waals surface area contributed by atoms with Gasteiger partial charge in [0.15, 0.2) is 5.96 Å². The predicted octanol–water partition coefficient (Wildman–Crippen LogP) is 1.92. The van der Waals surface area contributed by atoms with Crippen LogP contribution in [0, 0.1) is 0 Å². The zero-order chi connectivity index (χ0) is 18.9. The number of aromatic nitrogens is 4. The van der Waals surface area contributed by atoms with Gasteiger partial charge in [-0.2, -0.15) is 0 Å². The molecule has 3 rings (SSSR count). The van der Waals surface area contributed by atoms with E-state index in [1.165, 1.54) is 12.8 Å². The molecule has 2 heterocycles. The third-order valence-corrected chi connectivity index (χ3v) is 4.73. The van der Waals surface area contributed by atoms with Crippen molar-refractivity contribution in [2.45, 2.75) is 58.2 Å². The van der Waals surface area contributed by atoms with E-state index in [1.807, 2.05) is 22.9 Å². The highest BCUT2D eigenvalue weighted by atomic mass is 16.5. The Balaban J connectivity index is 1.40. The molecule has 2 aromatic heterocycles. The van der Waals surface area contributed by atoms with Gasteiger partial charge in [-0.15, -0.1) is 10.2 Å². The lowest BCUT2D eigenvalue weighted by molar-refractivity contribution is 0.201.